The lowest BCUT2D eigenvalue weighted by molar-refractivity contribution is 1.36. The van der Waals surface area contributed by atoms with Gasteiger partial charge in [0.15, 0.2) is 0 Å². The molecule has 0 atom stereocenters. The summed E-state index contributed by atoms with van der Waals surface area (Å²) >= 11 is 0. The van der Waals surface area contributed by atoms with Crippen LogP contribution in [0.3, 0.4) is 0 Å². The van der Waals surface area contributed by atoms with Gasteiger partial charge in [0.25, 0.3) is 0 Å². The van der Waals surface area contributed by atoms with Crippen molar-refractivity contribution >= 4 is 36.2 Å². The second-order valence-corrected chi connectivity index (χ2v) is 5.05. The van der Waals surface area contributed by atoms with Crippen molar-refractivity contribution in [1.82, 2.24) is 0 Å². The average Bonchev–Trinajstić information content (AvgIpc) is 2.31. The summed E-state index contributed by atoms with van der Waals surface area (Å²) in [5, 5.41) is 0. The maximum absolute atomic E-state index is 5.99. The molecular weight excluding hydrogens is 291 g/mol. The average molecular weight is 313 g/mol. The second kappa shape index (κ2) is 6.87. The highest BCUT2D eigenvalue weighted by molar-refractivity contribution is 5.85. The molecule has 0 spiro atoms. The molecule has 110 valence electrons. The van der Waals surface area contributed by atoms with Crippen LogP contribution in [0.25, 0.3) is 11.1 Å². The number of benzene rings is 2. The van der Waals surface area contributed by atoms with E-state index < -0.39 is 0 Å². The van der Waals surface area contributed by atoms with Gasteiger partial charge in [-0.05, 0) is 85.3 Å². The van der Waals surface area contributed by atoms with E-state index in [-0.39, 0.29) is 24.8 Å². The largest absolute Gasteiger partial charge is 0.398 e. The Labute approximate surface area is 133 Å². The zero-order valence-corrected chi connectivity index (χ0v) is 13.9. The molecule has 0 aliphatic rings. The monoisotopic (exact) mass is 312 g/mol. The van der Waals surface area contributed by atoms with Crippen molar-refractivity contribution in [3.8, 4) is 11.1 Å². The highest BCUT2D eigenvalue weighted by Gasteiger charge is 2.07. The van der Waals surface area contributed by atoms with E-state index in [1.54, 1.807) is 0 Å². The Morgan fingerprint density at radius 3 is 0.950 bits per heavy atom. The van der Waals surface area contributed by atoms with E-state index in [9.17, 15) is 0 Å². The van der Waals surface area contributed by atoms with Crippen molar-refractivity contribution < 1.29 is 0 Å². The van der Waals surface area contributed by atoms with Gasteiger partial charge < -0.3 is 11.5 Å². The topological polar surface area (TPSA) is 52.0 Å². The molecule has 2 aromatic rings. The number of aryl methyl sites for hydroxylation is 4. The highest BCUT2D eigenvalue weighted by atomic mass is 35.5. The minimum Gasteiger partial charge on any atom is -0.398 e. The molecule has 4 N–H and O–H groups in total. The molecule has 20 heavy (non-hydrogen) atoms. The minimum absolute atomic E-state index is 0. The summed E-state index contributed by atoms with van der Waals surface area (Å²) in [6.45, 7) is 8.18. The van der Waals surface area contributed by atoms with Crippen LogP contribution in [0.15, 0.2) is 24.3 Å². The lowest BCUT2D eigenvalue weighted by Crippen LogP contribution is -1.97. The fourth-order valence-corrected chi connectivity index (χ4v) is 2.28. The maximum Gasteiger partial charge on any atom is 0.0373 e. The molecule has 0 radical (unpaired) electrons. The highest BCUT2D eigenvalue weighted by Crippen LogP contribution is 2.30. The van der Waals surface area contributed by atoms with Gasteiger partial charge in [0.1, 0.15) is 0 Å². The summed E-state index contributed by atoms with van der Waals surface area (Å²) in [7, 11) is 0. The van der Waals surface area contributed by atoms with Gasteiger partial charge in [-0.1, -0.05) is 0 Å². The van der Waals surface area contributed by atoms with E-state index in [1.165, 1.54) is 11.1 Å². The SMILES string of the molecule is Cc1cc(-c2cc(C)c(N)c(C)c2)cc(C)c1N.Cl.Cl. The van der Waals surface area contributed by atoms with Crippen LogP contribution in [0, 0.1) is 27.7 Å². The van der Waals surface area contributed by atoms with Gasteiger partial charge >= 0.3 is 0 Å². The van der Waals surface area contributed by atoms with E-state index >= 15 is 0 Å². The first-order valence-corrected chi connectivity index (χ1v) is 6.14. The van der Waals surface area contributed by atoms with E-state index in [1.807, 2.05) is 27.7 Å². The molecule has 4 heteroatoms. The first-order chi connectivity index (χ1) is 8.40. The Morgan fingerprint density at radius 1 is 0.550 bits per heavy atom. The molecule has 0 unspecified atom stereocenters. The van der Waals surface area contributed by atoms with Crippen LogP contribution in [0.1, 0.15) is 22.3 Å². The molecule has 0 aliphatic heterocycles. The summed E-state index contributed by atoms with van der Waals surface area (Å²) in [6.07, 6.45) is 0. The van der Waals surface area contributed by atoms with E-state index in [0.29, 0.717) is 0 Å². The van der Waals surface area contributed by atoms with Crippen LogP contribution in [-0.4, -0.2) is 0 Å². The molecule has 0 fully saturated rings. The molecule has 0 saturated carbocycles. The van der Waals surface area contributed by atoms with Crippen molar-refractivity contribution in [1.29, 1.82) is 0 Å². The number of hydrogen-bond acceptors (Lipinski definition) is 2. The van der Waals surface area contributed by atoms with Crippen LogP contribution >= 0.6 is 24.8 Å². The molecule has 0 heterocycles. The first-order valence-electron chi connectivity index (χ1n) is 6.14. The molecule has 2 rings (SSSR count). The number of hydrogen-bond donors (Lipinski definition) is 2. The van der Waals surface area contributed by atoms with Gasteiger partial charge in [-0.3, -0.25) is 0 Å². The fraction of sp³-hybridized carbons (Fsp3) is 0.250. The standard InChI is InChI=1S/C16H20N2.2ClH/c1-9-5-13(6-10(2)15(9)17)14-7-11(3)16(18)12(4)8-14;;/h5-8H,17-18H2,1-4H3;2*1H. The summed E-state index contributed by atoms with van der Waals surface area (Å²) < 4.78 is 0. The molecule has 0 saturated heterocycles. The van der Waals surface area contributed by atoms with Gasteiger partial charge in [0.2, 0.25) is 0 Å². The zero-order valence-electron chi connectivity index (χ0n) is 12.3. The van der Waals surface area contributed by atoms with Crippen molar-refractivity contribution in [2.75, 3.05) is 11.5 Å². The summed E-state index contributed by atoms with van der Waals surface area (Å²) in [5.41, 5.74) is 20.6. The van der Waals surface area contributed by atoms with Crippen LogP contribution in [0.5, 0.6) is 0 Å². The first kappa shape index (κ1) is 18.6. The van der Waals surface area contributed by atoms with E-state index in [0.717, 1.165) is 33.6 Å². The minimum atomic E-state index is 0. The molecule has 2 aromatic carbocycles. The lowest BCUT2D eigenvalue weighted by atomic mass is 9.95. The lowest BCUT2D eigenvalue weighted by Gasteiger charge is -2.12. The smallest absolute Gasteiger partial charge is 0.0373 e. The number of rotatable bonds is 1. The third kappa shape index (κ3) is 3.38. The van der Waals surface area contributed by atoms with E-state index in [2.05, 4.69) is 24.3 Å². The Morgan fingerprint density at radius 2 is 0.750 bits per heavy atom. The quantitative estimate of drug-likeness (QED) is 0.756. The van der Waals surface area contributed by atoms with Crippen LogP contribution in [0.4, 0.5) is 11.4 Å². The Hall–Kier alpha value is -1.38. The molecule has 2 nitrogen and oxygen atoms in total. The summed E-state index contributed by atoms with van der Waals surface area (Å²) in [6, 6.07) is 8.53. The number of nitrogen functional groups attached to an aromatic ring is 2. The van der Waals surface area contributed by atoms with Crippen molar-refractivity contribution in [3.05, 3.63) is 46.5 Å². The van der Waals surface area contributed by atoms with Gasteiger partial charge in [-0.15, -0.1) is 24.8 Å². The summed E-state index contributed by atoms with van der Waals surface area (Å²) in [4.78, 5) is 0. The fourth-order valence-electron chi connectivity index (χ4n) is 2.28. The van der Waals surface area contributed by atoms with Gasteiger partial charge in [-0.2, -0.15) is 0 Å². The predicted octanol–water partition coefficient (Wildman–Crippen LogP) is 4.60. The Kier molecular flexibility index (Phi) is 6.39. The zero-order chi connectivity index (χ0) is 13.4. The van der Waals surface area contributed by atoms with Gasteiger partial charge in [-0.25, -0.2) is 0 Å². The van der Waals surface area contributed by atoms with Gasteiger partial charge in [0.05, 0.1) is 0 Å². The van der Waals surface area contributed by atoms with E-state index in [4.69, 9.17) is 11.5 Å². The molecule has 0 bridgehead atoms. The third-order valence-electron chi connectivity index (χ3n) is 3.52. The third-order valence-corrected chi connectivity index (χ3v) is 3.52. The molecule has 0 amide bonds. The normalized spacial score (nSPS) is 9.60. The molecule has 0 aromatic heterocycles. The van der Waals surface area contributed by atoms with Gasteiger partial charge in [0, 0.05) is 11.4 Å². The molecular formula is C16H22Cl2N2. The van der Waals surface area contributed by atoms with Crippen molar-refractivity contribution in [2.24, 2.45) is 0 Å². The van der Waals surface area contributed by atoms with Crippen LogP contribution < -0.4 is 11.5 Å². The number of nitrogens with two attached hydrogens (primary N) is 2. The van der Waals surface area contributed by atoms with Crippen molar-refractivity contribution in [2.45, 2.75) is 27.7 Å². The number of anilines is 2. The maximum atomic E-state index is 5.99. The predicted molar refractivity (Wildman–Crippen MR) is 94.1 cm³/mol. The van der Waals surface area contributed by atoms with Crippen molar-refractivity contribution in [3.63, 3.8) is 0 Å². The Bertz CT molecular complexity index is 520. The Balaban J connectivity index is 0.00000180. The number of halogens is 2. The van der Waals surface area contributed by atoms with Crippen LogP contribution in [-0.2, 0) is 0 Å². The second-order valence-electron chi connectivity index (χ2n) is 5.05. The van der Waals surface area contributed by atoms with Crippen LogP contribution in [0.2, 0.25) is 0 Å². The molecule has 0 aliphatic carbocycles. The summed E-state index contributed by atoms with van der Waals surface area (Å²) in [5.74, 6) is 0.